The number of nitrogens with zero attached hydrogens (tertiary/aromatic N) is 3. The lowest BCUT2D eigenvalue weighted by Crippen LogP contribution is -2.45. The molecular weight excluding hydrogens is 371 g/mol. The molecule has 1 saturated carbocycles. The molecule has 2 heterocycles. The highest BCUT2D eigenvalue weighted by molar-refractivity contribution is 5.80. The SMILES string of the molecule is CN=C(NCc1cccnc1OC1CCCC1)NC1CCN(CC(F)(F)F)C1. The number of aromatic nitrogens is 1. The third-order valence-corrected chi connectivity index (χ3v) is 5.12. The van der Waals surface area contributed by atoms with Gasteiger partial charge in [-0.15, -0.1) is 0 Å². The van der Waals surface area contributed by atoms with E-state index in [9.17, 15) is 13.2 Å². The molecule has 3 rings (SSSR count). The minimum absolute atomic E-state index is 0.0587. The molecule has 6 nitrogen and oxygen atoms in total. The predicted octanol–water partition coefficient (Wildman–Crippen LogP) is 2.70. The monoisotopic (exact) mass is 399 g/mol. The van der Waals surface area contributed by atoms with Crippen molar-refractivity contribution in [2.24, 2.45) is 4.99 Å². The summed E-state index contributed by atoms with van der Waals surface area (Å²) >= 11 is 0. The lowest BCUT2D eigenvalue weighted by molar-refractivity contribution is -0.143. The van der Waals surface area contributed by atoms with Crippen molar-refractivity contribution in [2.45, 2.75) is 57.0 Å². The zero-order chi connectivity index (χ0) is 20.0. The Kier molecular flexibility index (Phi) is 6.98. The van der Waals surface area contributed by atoms with Crippen LogP contribution in [-0.2, 0) is 6.54 Å². The Hall–Kier alpha value is -2.03. The number of pyridine rings is 1. The molecule has 156 valence electrons. The average Bonchev–Trinajstić information content (AvgIpc) is 3.30. The van der Waals surface area contributed by atoms with Crippen molar-refractivity contribution in [3.8, 4) is 5.88 Å². The van der Waals surface area contributed by atoms with Gasteiger partial charge in [0.15, 0.2) is 5.96 Å². The molecule has 1 unspecified atom stereocenters. The van der Waals surface area contributed by atoms with Gasteiger partial charge >= 0.3 is 6.18 Å². The molecule has 1 saturated heterocycles. The smallest absolute Gasteiger partial charge is 0.401 e. The molecule has 28 heavy (non-hydrogen) atoms. The van der Waals surface area contributed by atoms with Crippen molar-refractivity contribution in [1.82, 2.24) is 20.5 Å². The van der Waals surface area contributed by atoms with Crippen LogP contribution in [0, 0.1) is 0 Å². The zero-order valence-corrected chi connectivity index (χ0v) is 16.1. The van der Waals surface area contributed by atoms with Gasteiger partial charge in [0.05, 0.1) is 6.54 Å². The summed E-state index contributed by atoms with van der Waals surface area (Å²) in [5.74, 6) is 1.20. The first-order valence-electron chi connectivity index (χ1n) is 9.80. The largest absolute Gasteiger partial charge is 0.474 e. The van der Waals surface area contributed by atoms with Crippen LogP contribution in [0.25, 0.3) is 0 Å². The molecule has 0 radical (unpaired) electrons. The Balaban J connectivity index is 1.49. The molecule has 2 N–H and O–H groups in total. The number of alkyl halides is 3. The van der Waals surface area contributed by atoms with Gasteiger partial charge in [0.25, 0.3) is 0 Å². The first-order valence-corrected chi connectivity index (χ1v) is 9.80. The number of guanidine groups is 1. The van der Waals surface area contributed by atoms with Gasteiger partial charge in [-0.2, -0.15) is 13.2 Å². The second-order valence-corrected chi connectivity index (χ2v) is 7.40. The Morgan fingerprint density at radius 3 is 2.82 bits per heavy atom. The van der Waals surface area contributed by atoms with E-state index in [1.54, 1.807) is 13.2 Å². The highest BCUT2D eigenvalue weighted by Gasteiger charge is 2.34. The number of aliphatic imine (C=N–C) groups is 1. The van der Waals surface area contributed by atoms with Gasteiger partial charge in [-0.05, 0) is 38.2 Å². The maximum atomic E-state index is 12.5. The molecular formula is C19H28F3N5O. The second-order valence-electron chi connectivity index (χ2n) is 7.40. The van der Waals surface area contributed by atoms with E-state index in [2.05, 4.69) is 20.6 Å². The lowest BCUT2D eigenvalue weighted by atomic mass is 10.2. The fourth-order valence-electron chi connectivity index (χ4n) is 3.74. The summed E-state index contributed by atoms with van der Waals surface area (Å²) in [5, 5.41) is 6.43. The van der Waals surface area contributed by atoms with E-state index in [4.69, 9.17) is 4.74 Å². The second kappa shape index (κ2) is 9.45. The van der Waals surface area contributed by atoms with Crippen LogP contribution in [0.5, 0.6) is 5.88 Å². The maximum Gasteiger partial charge on any atom is 0.401 e. The fourth-order valence-corrected chi connectivity index (χ4v) is 3.74. The Labute approximate surface area is 163 Å². The van der Waals surface area contributed by atoms with Crippen molar-refractivity contribution in [2.75, 3.05) is 26.7 Å². The summed E-state index contributed by atoms with van der Waals surface area (Å²) in [4.78, 5) is 9.97. The number of hydrogen-bond donors (Lipinski definition) is 2. The van der Waals surface area contributed by atoms with Crippen molar-refractivity contribution in [3.05, 3.63) is 23.9 Å². The maximum absolute atomic E-state index is 12.5. The molecule has 9 heteroatoms. The van der Waals surface area contributed by atoms with Crippen LogP contribution >= 0.6 is 0 Å². The molecule has 1 atom stereocenters. The highest BCUT2D eigenvalue weighted by atomic mass is 19.4. The number of ether oxygens (including phenoxy) is 1. The number of hydrogen-bond acceptors (Lipinski definition) is 4. The third kappa shape index (κ3) is 6.25. The van der Waals surface area contributed by atoms with Crippen molar-refractivity contribution in [3.63, 3.8) is 0 Å². The Morgan fingerprint density at radius 1 is 1.32 bits per heavy atom. The number of nitrogens with one attached hydrogen (secondary N) is 2. The predicted molar refractivity (Wildman–Crippen MR) is 101 cm³/mol. The lowest BCUT2D eigenvalue weighted by Gasteiger charge is -2.20. The average molecular weight is 399 g/mol. The van der Waals surface area contributed by atoms with Gasteiger partial charge < -0.3 is 15.4 Å². The molecule has 1 aliphatic carbocycles. The molecule has 0 spiro atoms. The summed E-state index contributed by atoms with van der Waals surface area (Å²) in [7, 11) is 1.65. The molecule has 1 aromatic heterocycles. The zero-order valence-electron chi connectivity index (χ0n) is 16.1. The Morgan fingerprint density at radius 2 is 2.11 bits per heavy atom. The standard InChI is InChI=1S/C19H28F3N5O/c1-23-18(26-15-8-10-27(12-15)13-19(20,21)22)25-11-14-5-4-9-24-17(14)28-16-6-2-3-7-16/h4-5,9,15-16H,2-3,6-8,10-13H2,1H3,(H2,23,25,26). The molecule has 1 aromatic rings. The highest BCUT2D eigenvalue weighted by Crippen LogP contribution is 2.25. The van der Waals surface area contributed by atoms with E-state index in [1.807, 2.05) is 12.1 Å². The minimum atomic E-state index is -4.16. The number of halogens is 3. The first-order chi connectivity index (χ1) is 13.4. The van der Waals surface area contributed by atoms with E-state index in [0.29, 0.717) is 37.9 Å². The van der Waals surface area contributed by atoms with E-state index < -0.39 is 12.7 Å². The van der Waals surface area contributed by atoms with Gasteiger partial charge in [0, 0.05) is 44.5 Å². The van der Waals surface area contributed by atoms with Gasteiger partial charge in [-0.3, -0.25) is 9.89 Å². The van der Waals surface area contributed by atoms with E-state index in [0.717, 1.165) is 18.4 Å². The van der Waals surface area contributed by atoms with Crippen molar-refractivity contribution >= 4 is 5.96 Å². The van der Waals surface area contributed by atoms with Crippen LogP contribution < -0.4 is 15.4 Å². The first kappa shape index (κ1) is 20.7. The van der Waals surface area contributed by atoms with Gasteiger partial charge in [0.2, 0.25) is 5.88 Å². The van der Waals surface area contributed by atoms with Crippen molar-refractivity contribution in [1.29, 1.82) is 0 Å². The number of likely N-dealkylation sites (tertiary alicyclic amines) is 1. The summed E-state index contributed by atoms with van der Waals surface area (Å²) < 4.78 is 43.7. The topological polar surface area (TPSA) is 61.8 Å². The Bertz CT molecular complexity index is 661. The van der Waals surface area contributed by atoms with Crippen LogP contribution in [0.15, 0.2) is 23.3 Å². The van der Waals surface area contributed by atoms with Crippen LogP contribution in [0.4, 0.5) is 13.2 Å². The summed E-state index contributed by atoms with van der Waals surface area (Å²) in [6.07, 6.45) is 2.93. The fraction of sp³-hybridized carbons (Fsp3) is 0.684. The summed E-state index contributed by atoms with van der Waals surface area (Å²) in [6.45, 7) is 0.391. The molecule has 0 bridgehead atoms. The molecule has 1 aliphatic heterocycles. The van der Waals surface area contributed by atoms with Crippen LogP contribution in [0.2, 0.25) is 0 Å². The number of rotatable bonds is 6. The van der Waals surface area contributed by atoms with Gasteiger partial charge in [0.1, 0.15) is 6.10 Å². The normalized spacial score (nSPS) is 21.9. The van der Waals surface area contributed by atoms with Gasteiger partial charge in [-0.25, -0.2) is 4.98 Å². The van der Waals surface area contributed by atoms with Crippen LogP contribution in [0.1, 0.15) is 37.7 Å². The van der Waals surface area contributed by atoms with Gasteiger partial charge in [-0.1, -0.05) is 6.07 Å². The minimum Gasteiger partial charge on any atom is -0.474 e. The van der Waals surface area contributed by atoms with E-state index >= 15 is 0 Å². The summed E-state index contributed by atoms with van der Waals surface area (Å²) in [5.41, 5.74) is 0.933. The molecule has 2 aliphatic rings. The molecule has 2 fully saturated rings. The quantitative estimate of drug-likeness (QED) is 0.569. The molecule has 0 aromatic carbocycles. The van der Waals surface area contributed by atoms with Crippen LogP contribution in [-0.4, -0.2) is 60.8 Å². The van der Waals surface area contributed by atoms with E-state index in [1.165, 1.54) is 17.7 Å². The molecule has 0 amide bonds. The van der Waals surface area contributed by atoms with Crippen LogP contribution in [0.3, 0.4) is 0 Å². The third-order valence-electron chi connectivity index (χ3n) is 5.12. The van der Waals surface area contributed by atoms with Crippen molar-refractivity contribution < 1.29 is 17.9 Å². The van der Waals surface area contributed by atoms with E-state index in [-0.39, 0.29) is 12.1 Å². The summed E-state index contributed by atoms with van der Waals surface area (Å²) in [6, 6.07) is 3.76.